The Morgan fingerprint density at radius 1 is 0.952 bits per heavy atom. The Balaban J connectivity index is -0.000000213. The molecule has 0 saturated heterocycles. The van der Waals surface area contributed by atoms with E-state index < -0.39 is 44.2 Å². The van der Waals surface area contributed by atoms with Gasteiger partial charge in [0, 0.05) is 0 Å². The molecule has 0 unspecified atom stereocenters. The molecular formula is C6H14ClNa2O11P. The maximum absolute atomic E-state index is 10.8. The van der Waals surface area contributed by atoms with Crippen LogP contribution in [-0.2, 0) is 23.5 Å². The molecule has 0 radical (unpaired) electrons. The molecule has 0 saturated carbocycles. The Hall–Kier alpha value is 0.770. The van der Waals surface area contributed by atoms with Crippen LogP contribution in [0.25, 0.3) is 0 Å². The molecule has 0 rings (SSSR count). The predicted octanol–water partition coefficient (Wildman–Crippen LogP) is -2.83. The quantitative estimate of drug-likeness (QED) is 0.227. The van der Waals surface area contributed by atoms with Crippen LogP contribution in [0.15, 0.2) is 0 Å². The first kappa shape index (κ1) is 33.4. The van der Waals surface area contributed by atoms with Gasteiger partial charge in [0.15, 0.2) is 5.60 Å². The minimum atomic E-state index is -5.36. The molecule has 118 valence electrons. The van der Waals surface area contributed by atoms with Crippen LogP contribution in [0.4, 0.5) is 0 Å². The van der Waals surface area contributed by atoms with Gasteiger partial charge < -0.3 is 30.6 Å². The third-order valence-corrected chi connectivity index (χ3v) is 2.14. The van der Waals surface area contributed by atoms with Crippen molar-refractivity contribution in [1.29, 1.82) is 0 Å². The molecule has 0 aliphatic carbocycles. The summed E-state index contributed by atoms with van der Waals surface area (Å²) in [5.41, 5.74) is -3.02. The second-order valence-electron chi connectivity index (χ2n) is 3.02. The Morgan fingerprint density at radius 2 is 1.24 bits per heavy atom. The van der Waals surface area contributed by atoms with Crippen LogP contribution in [0, 0.1) is 0 Å². The Morgan fingerprint density at radius 3 is 1.38 bits per heavy atom. The van der Waals surface area contributed by atoms with Crippen molar-refractivity contribution in [2.45, 2.75) is 18.4 Å². The van der Waals surface area contributed by atoms with Crippen LogP contribution in [0.2, 0.25) is 0 Å². The van der Waals surface area contributed by atoms with Gasteiger partial charge in [-0.15, -0.1) is 12.4 Å². The Labute approximate surface area is 168 Å². The molecule has 21 heavy (non-hydrogen) atoms. The zero-order valence-corrected chi connectivity index (χ0v) is 10.8. The summed E-state index contributed by atoms with van der Waals surface area (Å²) in [6, 6.07) is 0. The summed E-state index contributed by atoms with van der Waals surface area (Å²) in [4.78, 5) is 48.5. The molecule has 0 aromatic carbocycles. The maximum atomic E-state index is 10.8. The third kappa shape index (κ3) is 14.1. The summed E-state index contributed by atoms with van der Waals surface area (Å²) in [5.74, 6) is -5.64. The normalized spacial score (nSPS) is 9.81. The fraction of sp³-hybridized carbons (Fsp3) is 0.500. The first-order valence-electron chi connectivity index (χ1n) is 3.92. The van der Waals surface area contributed by atoms with Gasteiger partial charge in [-0.3, -0.25) is 14.1 Å². The van der Waals surface area contributed by atoms with Crippen molar-refractivity contribution in [1.82, 2.24) is 0 Å². The Kier molecular flexibility index (Phi) is 21.0. The third-order valence-electron chi connectivity index (χ3n) is 1.56. The molecule has 0 aliphatic rings. The molecule has 0 fully saturated rings. The number of phosphoric acid groups is 1. The molecule has 0 atom stereocenters. The van der Waals surface area contributed by atoms with Crippen molar-refractivity contribution in [3.8, 4) is 0 Å². The molecule has 0 aromatic heterocycles. The van der Waals surface area contributed by atoms with E-state index in [9.17, 15) is 18.9 Å². The van der Waals surface area contributed by atoms with Gasteiger partial charge in [0.2, 0.25) is 0 Å². The van der Waals surface area contributed by atoms with Crippen molar-refractivity contribution < 1.29 is 54.1 Å². The molecule has 7 N–H and O–H groups in total. The van der Waals surface area contributed by atoms with Crippen molar-refractivity contribution >= 4 is 97.3 Å². The topological polar surface area (TPSA) is 210 Å². The number of rotatable bonds is 7. The Bertz CT molecular complexity index is 380. The molecule has 0 aromatic rings. The first-order chi connectivity index (χ1) is 7.48. The van der Waals surface area contributed by atoms with Crippen molar-refractivity contribution in [3.63, 3.8) is 0 Å². The number of halogens is 1. The van der Waals surface area contributed by atoms with E-state index in [0.717, 1.165) is 0 Å². The molecule has 0 bridgehead atoms. The number of aliphatic carboxylic acids is 3. The van der Waals surface area contributed by atoms with Gasteiger partial charge in [-0.1, -0.05) is 0 Å². The van der Waals surface area contributed by atoms with Crippen molar-refractivity contribution in [2.24, 2.45) is 0 Å². The molecule has 0 aliphatic heterocycles. The SMILES string of the molecule is Cl.O.O=C(O)CC(CC(=O)O)(OP(=O)(O)O)C(=O)O.[NaH].[NaH]. The van der Waals surface area contributed by atoms with Gasteiger partial charge in [-0.2, -0.15) is 0 Å². The standard InChI is InChI=1S/C6H9O10P.ClH.2Na.H2O.2H/c7-3(8)1-6(5(11)12,2-4(9)10)16-17(13,14)15;;;;;;/h1-2H2,(H,7,8)(H,9,10)(H,11,12)(H2,13,14,15);1H;;;1H2;;. The summed E-state index contributed by atoms with van der Waals surface area (Å²) in [6.45, 7) is 0. The fourth-order valence-electron chi connectivity index (χ4n) is 1.03. The van der Waals surface area contributed by atoms with Crippen LogP contribution in [0.5, 0.6) is 0 Å². The first-order valence-corrected chi connectivity index (χ1v) is 5.45. The van der Waals surface area contributed by atoms with Gasteiger partial charge >= 0.3 is 84.8 Å². The second-order valence-corrected chi connectivity index (χ2v) is 4.19. The van der Waals surface area contributed by atoms with E-state index >= 15 is 0 Å². The summed E-state index contributed by atoms with van der Waals surface area (Å²) in [5, 5.41) is 25.5. The van der Waals surface area contributed by atoms with Crippen LogP contribution < -0.4 is 0 Å². The summed E-state index contributed by atoms with van der Waals surface area (Å²) in [7, 11) is -5.36. The van der Waals surface area contributed by atoms with E-state index in [1.165, 1.54) is 0 Å². The van der Waals surface area contributed by atoms with Gasteiger partial charge in [0.05, 0.1) is 12.8 Å². The van der Waals surface area contributed by atoms with Gasteiger partial charge in [0.1, 0.15) is 0 Å². The number of carboxylic acid groups (broad SMARTS) is 3. The second kappa shape index (κ2) is 13.2. The van der Waals surface area contributed by atoms with E-state index in [-0.39, 0.29) is 77.0 Å². The number of carbonyl (C=O) groups is 3. The zero-order valence-electron chi connectivity index (χ0n) is 9.05. The van der Waals surface area contributed by atoms with Gasteiger partial charge in [-0.25, -0.2) is 9.36 Å². The van der Waals surface area contributed by atoms with Crippen LogP contribution in [0.1, 0.15) is 12.8 Å². The predicted molar refractivity (Wildman–Crippen MR) is 73.2 cm³/mol. The van der Waals surface area contributed by atoms with E-state index in [1.807, 2.05) is 0 Å². The summed E-state index contributed by atoms with van der Waals surface area (Å²) >= 11 is 0. The van der Waals surface area contributed by atoms with Crippen LogP contribution in [0.3, 0.4) is 0 Å². The van der Waals surface area contributed by atoms with E-state index in [0.29, 0.717) is 0 Å². The van der Waals surface area contributed by atoms with Crippen LogP contribution >= 0.6 is 20.2 Å². The average Bonchev–Trinajstić information content (AvgIpc) is 1.96. The number of hydrogen-bond acceptors (Lipinski definition) is 5. The summed E-state index contributed by atoms with van der Waals surface area (Å²) < 4.78 is 14.4. The number of hydrogen-bond donors (Lipinski definition) is 5. The van der Waals surface area contributed by atoms with Gasteiger partial charge in [-0.05, 0) is 0 Å². The van der Waals surface area contributed by atoms with Crippen molar-refractivity contribution in [2.75, 3.05) is 0 Å². The van der Waals surface area contributed by atoms with E-state index in [1.54, 1.807) is 0 Å². The zero-order chi connectivity index (χ0) is 13.9. The minimum absolute atomic E-state index is 0. The molecule has 0 heterocycles. The van der Waals surface area contributed by atoms with E-state index in [2.05, 4.69) is 4.52 Å². The molecule has 15 heteroatoms. The monoisotopic (exact) mass is 374 g/mol. The fourth-order valence-corrected chi connectivity index (χ4v) is 1.70. The molecular weight excluding hydrogens is 360 g/mol. The number of carboxylic acids is 3. The average molecular weight is 375 g/mol. The van der Waals surface area contributed by atoms with Crippen molar-refractivity contribution in [3.05, 3.63) is 0 Å². The van der Waals surface area contributed by atoms with Gasteiger partial charge in [0.25, 0.3) is 0 Å². The summed E-state index contributed by atoms with van der Waals surface area (Å²) in [6.07, 6.45) is -2.81. The molecule has 0 spiro atoms. The molecule has 11 nitrogen and oxygen atoms in total. The van der Waals surface area contributed by atoms with E-state index in [4.69, 9.17) is 25.1 Å². The molecule has 0 amide bonds. The van der Waals surface area contributed by atoms with Crippen LogP contribution in [-0.4, -0.2) is 113 Å². The number of phosphoric ester groups is 1.